The van der Waals surface area contributed by atoms with E-state index in [1.807, 2.05) is 12.3 Å². The van der Waals surface area contributed by atoms with Crippen LogP contribution in [0.3, 0.4) is 0 Å². The van der Waals surface area contributed by atoms with Crippen molar-refractivity contribution >= 4 is 5.69 Å². The number of pyridine rings is 1. The molecule has 0 atom stereocenters. The Bertz CT molecular complexity index is 595. The van der Waals surface area contributed by atoms with Crippen LogP contribution in [0.15, 0.2) is 36.7 Å². The highest BCUT2D eigenvalue weighted by Crippen LogP contribution is 2.29. The van der Waals surface area contributed by atoms with Crippen LogP contribution in [0.2, 0.25) is 0 Å². The number of aromatic nitrogens is 1. The fourth-order valence-corrected chi connectivity index (χ4v) is 2.59. The number of hydrogen-bond donors (Lipinski definition) is 1. The number of rotatable bonds is 5. The lowest BCUT2D eigenvalue weighted by molar-refractivity contribution is 0.480. The second-order valence-corrected chi connectivity index (χ2v) is 5.22. The van der Waals surface area contributed by atoms with Gasteiger partial charge in [0.05, 0.1) is 18.1 Å². The summed E-state index contributed by atoms with van der Waals surface area (Å²) in [4.78, 5) is 4.22. The van der Waals surface area contributed by atoms with Crippen molar-refractivity contribution in [3.05, 3.63) is 47.8 Å². The largest absolute Gasteiger partial charge is 0.456 e. The lowest BCUT2D eigenvalue weighted by Crippen LogP contribution is -2.00. The summed E-state index contributed by atoms with van der Waals surface area (Å²) in [5.41, 5.74) is 3.90. The Morgan fingerprint density at radius 3 is 2.90 bits per heavy atom. The molecule has 3 rings (SSSR count). The first-order valence-electron chi connectivity index (χ1n) is 7.34. The molecule has 3 nitrogen and oxygen atoms in total. The van der Waals surface area contributed by atoms with E-state index < -0.39 is 0 Å². The molecule has 1 aromatic carbocycles. The summed E-state index contributed by atoms with van der Waals surface area (Å²) < 4.78 is 5.92. The van der Waals surface area contributed by atoms with Gasteiger partial charge in [0.15, 0.2) is 0 Å². The number of nitrogens with zero attached hydrogens (tertiary/aromatic N) is 1. The average Bonchev–Trinajstić information content (AvgIpc) is 2.93. The van der Waals surface area contributed by atoms with Gasteiger partial charge >= 0.3 is 0 Å². The topological polar surface area (TPSA) is 34.2 Å². The molecule has 0 radical (unpaired) electrons. The summed E-state index contributed by atoms with van der Waals surface area (Å²) in [6, 6.07) is 8.39. The van der Waals surface area contributed by atoms with E-state index in [9.17, 15) is 0 Å². The Balaban J connectivity index is 1.74. The Morgan fingerprint density at radius 1 is 1.10 bits per heavy atom. The summed E-state index contributed by atoms with van der Waals surface area (Å²) >= 11 is 0. The molecule has 1 aromatic heterocycles. The molecule has 1 aliphatic rings. The van der Waals surface area contributed by atoms with Crippen LogP contribution in [0.4, 0.5) is 5.69 Å². The van der Waals surface area contributed by atoms with Crippen LogP contribution >= 0.6 is 0 Å². The first-order valence-corrected chi connectivity index (χ1v) is 7.34. The van der Waals surface area contributed by atoms with Gasteiger partial charge in [-0.1, -0.05) is 13.0 Å². The minimum atomic E-state index is 0.782. The molecule has 1 heterocycles. The predicted molar refractivity (Wildman–Crippen MR) is 81.6 cm³/mol. The van der Waals surface area contributed by atoms with Crippen LogP contribution in [0, 0.1) is 0 Å². The lowest BCUT2D eigenvalue weighted by atomic mass is 10.1. The van der Waals surface area contributed by atoms with Crippen LogP contribution in [-0.2, 0) is 12.8 Å². The van der Waals surface area contributed by atoms with Gasteiger partial charge in [-0.05, 0) is 48.9 Å². The van der Waals surface area contributed by atoms with Gasteiger partial charge in [-0.25, -0.2) is 0 Å². The van der Waals surface area contributed by atoms with Crippen LogP contribution in [0.25, 0.3) is 0 Å². The van der Waals surface area contributed by atoms with Crippen LogP contribution < -0.4 is 10.1 Å². The second-order valence-electron chi connectivity index (χ2n) is 5.22. The SMILES string of the molecule is CCCNc1cncc(Oc2ccc3c(c2)CCC3)c1. The Kier molecular flexibility index (Phi) is 3.86. The molecule has 0 spiro atoms. The molecule has 3 heteroatoms. The third-order valence-electron chi connectivity index (χ3n) is 3.60. The minimum Gasteiger partial charge on any atom is -0.456 e. The zero-order valence-corrected chi connectivity index (χ0v) is 11.9. The molecule has 2 aromatic rings. The van der Waals surface area contributed by atoms with Gasteiger partial charge in [-0.15, -0.1) is 0 Å². The van der Waals surface area contributed by atoms with Crippen LogP contribution in [0.1, 0.15) is 30.9 Å². The van der Waals surface area contributed by atoms with Gasteiger partial charge in [-0.3, -0.25) is 4.98 Å². The smallest absolute Gasteiger partial charge is 0.147 e. The fraction of sp³-hybridized carbons (Fsp3) is 0.353. The molecule has 0 saturated carbocycles. The van der Waals surface area contributed by atoms with Crippen molar-refractivity contribution in [1.29, 1.82) is 0 Å². The van der Waals surface area contributed by atoms with Gasteiger partial charge in [0.25, 0.3) is 0 Å². The van der Waals surface area contributed by atoms with E-state index in [2.05, 4.69) is 35.4 Å². The van der Waals surface area contributed by atoms with Crippen LogP contribution in [-0.4, -0.2) is 11.5 Å². The number of benzene rings is 1. The molecule has 1 N–H and O–H groups in total. The van der Waals surface area contributed by atoms with Crippen molar-refractivity contribution in [2.75, 3.05) is 11.9 Å². The van der Waals surface area contributed by atoms with E-state index in [0.29, 0.717) is 0 Å². The van der Waals surface area contributed by atoms with E-state index in [0.717, 1.165) is 30.2 Å². The molecule has 104 valence electrons. The summed E-state index contributed by atoms with van der Waals surface area (Å²) in [6.07, 6.45) is 8.30. The summed E-state index contributed by atoms with van der Waals surface area (Å²) in [5.74, 6) is 1.68. The van der Waals surface area contributed by atoms with Crippen molar-refractivity contribution in [1.82, 2.24) is 4.98 Å². The van der Waals surface area contributed by atoms with Crippen molar-refractivity contribution in [3.8, 4) is 11.5 Å². The zero-order valence-electron chi connectivity index (χ0n) is 11.9. The average molecular weight is 268 g/mol. The van der Waals surface area contributed by atoms with E-state index in [-0.39, 0.29) is 0 Å². The molecular formula is C17H20N2O. The normalized spacial score (nSPS) is 13.1. The molecule has 1 aliphatic carbocycles. The molecule has 0 bridgehead atoms. The number of aryl methyl sites for hydroxylation is 2. The lowest BCUT2D eigenvalue weighted by Gasteiger charge is -2.09. The zero-order chi connectivity index (χ0) is 13.8. The van der Waals surface area contributed by atoms with Gasteiger partial charge in [-0.2, -0.15) is 0 Å². The third kappa shape index (κ3) is 2.93. The standard InChI is InChI=1S/C17H20N2O/c1-2-8-19-15-10-17(12-18-11-15)20-16-7-6-13-4-3-5-14(13)9-16/h6-7,9-12,19H,2-5,8H2,1H3. The fourth-order valence-electron chi connectivity index (χ4n) is 2.59. The maximum Gasteiger partial charge on any atom is 0.147 e. The quantitative estimate of drug-likeness (QED) is 0.883. The van der Waals surface area contributed by atoms with Crippen LogP contribution in [0.5, 0.6) is 11.5 Å². The third-order valence-corrected chi connectivity index (χ3v) is 3.60. The summed E-state index contributed by atoms with van der Waals surface area (Å²) in [6.45, 7) is 3.09. The van der Waals surface area contributed by atoms with Gasteiger partial charge in [0.1, 0.15) is 11.5 Å². The summed E-state index contributed by atoms with van der Waals surface area (Å²) in [7, 11) is 0. The molecule has 20 heavy (non-hydrogen) atoms. The first-order chi connectivity index (χ1) is 9.85. The van der Waals surface area contributed by atoms with Gasteiger partial charge in [0.2, 0.25) is 0 Å². The van der Waals surface area contributed by atoms with E-state index in [4.69, 9.17) is 4.74 Å². The minimum absolute atomic E-state index is 0.782. The Morgan fingerprint density at radius 2 is 2.00 bits per heavy atom. The number of fused-ring (bicyclic) bond motifs is 1. The number of nitrogens with one attached hydrogen (secondary N) is 1. The van der Waals surface area contributed by atoms with Gasteiger partial charge < -0.3 is 10.1 Å². The highest BCUT2D eigenvalue weighted by atomic mass is 16.5. The van der Waals surface area contributed by atoms with Gasteiger partial charge in [0, 0.05) is 12.6 Å². The predicted octanol–water partition coefficient (Wildman–Crippen LogP) is 4.18. The Hall–Kier alpha value is -2.03. The van der Waals surface area contributed by atoms with Crippen molar-refractivity contribution in [3.63, 3.8) is 0 Å². The maximum atomic E-state index is 5.92. The van der Waals surface area contributed by atoms with Crippen molar-refractivity contribution < 1.29 is 4.74 Å². The van der Waals surface area contributed by atoms with E-state index in [1.165, 1.54) is 30.4 Å². The highest BCUT2D eigenvalue weighted by Gasteiger charge is 2.11. The first kappa shape index (κ1) is 13.0. The molecule has 0 fully saturated rings. The second kappa shape index (κ2) is 5.95. The maximum absolute atomic E-state index is 5.92. The van der Waals surface area contributed by atoms with E-state index in [1.54, 1.807) is 6.20 Å². The van der Waals surface area contributed by atoms with E-state index >= 15 is 0 Å². The highest BCUT2D eigenvalue weighted by molar-refractivity contribution is 5.47. The number of ether oxygens (including phenoxy) is 1. The van der Waals surface area contributed by atoms with Crippen molar-refractivity contribution in [2.24, 2.45) is 0 Å². The molecule has 0 amide bonds. The monoisotopic (exact) mass is 268 g/mol. The number of hydrogen-bond acceptors (Lipinski definition) is 3. The Labute approximate surface area is 120 Å². The number of anilines is 1. The summed E-state index contributed by atoms with van der Waals surface area (Å²) in [5, 5.41) is 3.32. The molecule has 0 unspecified atom stereocenters. The molecule has 0 saturated heterocycles. The molecular weight excluding hydrogens is 248 g/mol. The molecule has 0 aliphatic heterocycles. The van der Waals surface area contributed by atoms with Crippen molar-refractivity contribution in [2.45, 2.75) is 32.6 Å².